The van der Waals surface area contributed by atoms with Gasteiger partial charge in [-0.05, 0) is 37.1 Å². The number of nitro benzene ring substituents is 1. The van der Waals surface area contributed by atoms with Crippen LogP contribution in [0.15, 0.2) is 41.0 Å². The summed E-state index contributed by atoms with van der Waals surface area (Å²) in [7, 11) is 0. The van der Waals surface area contributed by atoms with Gasteiger partial charge in [-0.15, -0.1) is 0 Å². The van der Waals surface area contributed by atoms with Crippen LogP contribution in [0.25, 0.3) is 0 Å². The van der Waals surface area contributed by atoms with Crippen molar-refractivity contribution >= 4 is 23.2 Å². The number of nitrogens with one attached hydrogen (secondary N) is 2. The highest BCUT2D eigenvalue weighted by Gasteiger charge is 2.23. The van der Waals surface area contributed by atoms with Gasteiger partial charge in [0.05, 0.1) is 11.2 Å². The predicted octanol–water partition coefficient (Wildman–Crippen LogP) is 1.95. The average molecular weight is 372 g/mol. The maximum Gasteiger partial charge on any atom is 0.293 e. The molecule has 1 aliphatic heterocycles. The minimum absolute atomic E-state index is 0.0735. The number of carbonyl (C=O) groups excluding carboxylic acids is 2. The number of benzene rings is 1. The Bertz CT molecular complexity index is 828. The molecule has 9 nitrogen and oxygen atoms in total. The molecule has 2 amide bonds. The van der Waals surface area contributed by atoms with E-state index in [1.54, 1.807) is 18.2 Å². The Hall–Kier alpha value is -3.36. The third kappa shape index (κ3) is 4.43. The molecule has 1 fully saturated rings. The fraction of sp³-hybridized carbons (Fsp3) is 0.333. The summed E-state index contributed by atoms with van der Waals surface area (Å²) in [5.41, 5.74) is 0.678. The Kier molecular flexibility index (Phi) is 5.70. The summed E-state index contributed by atoms with van der Waals surface area (Å²) in [6.45, 7) is 1.95. The first-order valence-corrected chi connectivity index (χ1v) is 8.69. The molecular weight excluding hydrogens is 352 g/mol. The molecule has 1 aromatic heterocycles. The SMILES string of the molecule is O=C(NCCNC(=O)c1ccco1)c1ccc(N2CCCC2)c([N+](=O)[O-])c1. The number of anilines is 1. The molecule has 0 atom stereocenters. The molecule has 2 N–H and O–H groups in total. The third-order valence-electron chi connectivity index (χ3n) is 4.32. The molecule has 142 valence electrons. The standard InChI is InChI=1S/C18H20N4O5/c23-17(19-7-8-20-18(24)16-4-3-11-27-16)13-5-6-14(15(12-13)22(25)26)21-9-1-2-10-21/h3-6,11-12H,1-2,7-10H2,(H,19,23)(H,20,24). The van der Waals surface area contributed by atoms with E-state index in [2.05, 4.69) is 10.6 Å². The lowest BCUT2D eigenvalue weighted by Crippen LogP contribution is -2.34. The van der Waals surface area contributed by atoms with Gasteiger partial charge in [-0.3, -0.25) is 19.7 Å². The van der Waals surface area contributed by atoms with Gasteiger partial charge >= 0.3 is 0 Å². The lowest BCUT2D eigenvalue weighted by molar-refractivity contribution is -0.384. The number of rotatable bonds is 7. The average Bonchev–Trinajstić information content (AvgIpc) is 3.38. The molecule has 27 heavy (non-hydrogen) atoms. The van der Waals surface area contributed by atoms with Gasteiger partial charge in [0.25, 0.3) is 17.5 Å². The van der Waals surface area contributed by atoms with Crippen LogP contribution in [-0.2, 0) is 0 Å². The molecule has 1 saturated heterocycles. The predicted molar refractivity (Wildman–Crippen MR) is 97.9 cm³/mol. The summed E-state index contributed by atoms with van der Waals surface area (Å²) in [5, 5.41) is 16.6. The molecule has 1 aromatic carbocycles. The summed E-state index contributed by atoms with van der Waals surface area (Å²) >= 11 is 0. The summed E-state index contributed by atoms with van der Waals surface area (Å²) in [6, 6.07) is 7.64. The van der Waals surface area contributed by atoms with Crippen LogP contribution in [0.5, 0.6) is 0 Å². The second kappa shape index (κ2) is 8.35. The highest BCUT2D eigenvalue weighted by molar-refractivity contribution is 5.96. The van der Waals surface area contributed by atoms with E-state index < -0.39 is 10.8 Å². The van der Waals surface area contributed by atoms with E-state index in [-0.39, 0.29) is 36.0 Å². The van der Waals surface area contributed by atoms with Gasteiger partial charge in [-0.25, -0.2) is 0 Å². The van der Waals surface area contributed by atoms with Crippen LogP contribution in [0.2, 0.25) is 0 Å². The van der Waals surface area contributed by atoms with E-state index in [9.17, 15) is 19.7 Å². The van der Waals surface area contributed by atoms with E-state index in [4.69, 9.17) is 4.42 Å². The Morgan fingerprint density at radius 3 is 2.44 bits per heavy atom. The number of carbonyl (C=O) groups is 2. The van der Waals surface area contributed by atoms with Crippen molar-refractivity contribution in [3.63, 3.8) is 0 Å². The lowest BCUT2D eigenvalue weighted by atomic mass is 10.1. The van der Waals surface area contributed by atoms with E-state index in [0.29, 0.717) is 5.69 Å². The van der Waals surface area contributed by atoms with Crippen molar-refractivity contribution in [1.82, 2.24) is 10.6 Å². The highest BCUT2D eigenvalue weighted by atomic mass is 16.6. The van der Waals surface area contributed by atoms with Crippen LogP contribution >= 0.6 is 0 Å². The second-order valence-corrected chi connectivity index (χ2v) is 6.14. The normalized spacial score (nSPS) is 13.4. The molecule has 3 rings (SSSR count). The molecule has 0 unspecified atom stereocenters. The summed E-state index contributed by atoms with van der Waals surface area (Å²) < 4.78 is 4.96. The van der Waals surface area contributed by atoms with Crippen LogP contribution in [0.4, 0.5) is 11.4 Å². The lowest BCUT2D eigenvalue weighted by Gasteiger charge is -2.17. The number of hydrogen-bond donors (Lipinski definition) is 2. The Labute approximate surface area is 155 Å². The molecule has 2 aromatic rings. The molecule has 0 saturated carbocycles. The van der Waals surface area contributed by atoms with Gasteiger partial charge in [-0.2, -0.15) is 0 Å². The maximum absolute atomic E-state index is 12.2. The van der Waals surface area contributed by atoms with Gasteiger partial charge in [0.2, 0.25) is 0 Å². The second-order valence-electron chi connectivity index (χ2n) is 6.14. The van der Waals surface area contributed by atoms with Gasteiger partial charge in [0, 0.05) is 37.8 Å². The fourth-order valence-corrected chi connectivity index (χ4v) is 2.99. The Morgan fingerprint density at radius 1 is 1.11 bits per heavy atom. The van der Waals surface area contributed by atoms with Gasteiger partial charge in [0.1, 0.15) is 5.69 Å². The van der Waals surface area contributed by atoms with Gasteiger partial charge in [-0.1, -0.05) is 0 Å². The number of nitro groups is 1. The zero-order chi connectivity index (χ0) is 19.2. The fourth-order valence-electron chi connectivity index (χ4n) is 2.99. The smallest absolute Gasteiger partial charge is 0.293 e. The molecule has 0 bridgehead atoms. The summed E-state index contributed by atoms with van der Waals surface area (Å²) in [4.78, 5) is 36.8. The van der Waals surface area contributed by atoms with Crippen molar-refractivity contribution in [2.45, 2.75) is 12.8 Å². The number of hydrogen-bond acceptors (Lipinski definition) is 6. The Balaban J connectivity index is 1.57. The van der Waals surface area contributed by atoms with Gasteiger partial charge in [0.15, 0.2) is 5.76 Å². The third-order valence-corrected chi connectivity index (χ3v) is 4.32. The minimum Gasteiger partial charge on any atom is -0.459 e. The van der Waals surface area contributed by atoms with Crippen molar-refractivity contribution in [1.29, 1.82) is 0 Å². The number of nitrogens with zero attached hydrogens (tertiary/aromatic N) is 2. The first kappa shape index (κ1) is 18.4. The maximum atomic E-state index is 12.2. The molecule has 9 heteroatoms. The summed E-state index contributed by atoms with van der Waals surface area (Å²) in [6.07, 6.45) is 3.40. The quantitative estimate of drug-likeness (QED) is 0.436. The molecule has 0 aliphatic carbocycles. The van der Waals surface area contributed by atoms with E-state index in [1.807, 2.05) is 4.90 Å². The van der Waals surface area contributed by atoms with Crippen molar-refractivity contribution in [3.8, 4) is 0 Å². The van der Waals surface area contributed by atoms with Crippen LogP contribution in [0.3, 0.4) is 0 Å². The zero-order valence-corrected chi connectivity index (χ0v) is 14.6. The molecular formula is C18H20N4O5. The highest BCUT2D eigenvalue weighted by Crippen LogP contribution is 2.31. The topological polar surface area (TPSA) is 118 Å². The zero-order valence-electron chi connectivity index (χ0n) is 14.6. The van der Waals surface area contributed by atoms with E-state index in [0.717, 1.165) is 25.9 Å². The first-order valence-electron chi connectivity index (χ1n) is 8.69. The molecule has 2 heterocycles. The Morgan fingerprint density at radius 2 is 1.81 bits per heavy atom. The molecule has 1 aliphatic rings. The van der Waals surface area contributed by atoms with Crippen LogP contribution in [-0.4, -0.2) is 42.9 Å². The van der Waals surface area contributed by atoms with Crippen molar-refractivity contribution in [2.24, 2.45) is 0 Å². The van der Waals surface area contributed by atoms with E-state index in [1.165, 1.54) is 18.4 Å². The molecule has 0 radical (unpaired) electrons. The van der Waals surface area contributed by atoms with Crippen LogP contribution in [0.1, 0.15) is 33.8 Å². The monoisotopic (exact) mass is 372 g/mol. The largest absolute Gasteiger partial charge is 0.459 e. The van der Waals surface area contributed by atoms with Crippen molar-refractivity contribution in [2.75, 3.05) is 31.1 Å². The van der Waals surface area contributed by atoms with Crippen LogP contribution in [0, 0.1) is 10.1 Å². The molecule has 0 spiro atoms. The number of amides is 2. The van der Waals surface area contributed by atoms with Crippen LogP contribution < -0.4 is 15.5 Å². The summed E-state index contributed by atoms with van der Waals surface area (Å²) in [5.74, 6) is -0.618. The number of furan rings is 1. The first-order chi connectivity index (χ1) is 13.1. The van der Waals surface area contributed by atoms with Gasteiger partial charge < -0.3 is 20.0 Å². The minimum atomic E-state index is -0.464. The van der Waals surface area contributed by atoms with Crippen molar-refractivity contribution in [3.05, 3.63) is 58.0 Å². The van der Waals surface area contributed by atoms with E-state index >= 15 is 0 Å². The van der Waals surface area contributed by atoms with Crippen molar-refractivity contribution < 1.29 is 18.9 Å².